The Bertz CT molecular complexity index is 584. The fraction of sp³-hybridized carbons (Fsp3) is 0.364. The number of rotatable bonds is 4. The smallest absolute Gasteiger partial charge is 0.267 e. The lowest BCUT2D eigenvalue weighted by molar-refractivity contribution is 0.522. The zero-order valence-corrected chi connectivity index (χ0v) is 10.7. The molecule has 0 aliphatic rings. The van der Waals surface area contributed by atoms with Gasteiger partial charge in [-0.2, -0.15) is 0 Å². The fourth-order valence-corrected chi connectivity index (χ4v) is 1.95. The molecule has 1 aromatic heterocycles. The van der Waals surface area contributed by atoms with Crippen molar-refractivity contribution in [3.05, 3.63) is 34.4 Å². The van der Waals surface area contributed by atoms with E-state index in [4.69, 9.17) is 0 Å². The first kappa shape index (κ1) is 12.2. The van der Waals surface area contributed by atoms with Crippen LogP contribution in [0, 0.1) is 5.82 Å². The van der Waals surface area contributed by atoms with Crippen LogP contribution in [-0.4, -0.2) is 20.3 Å². The Morgan fingerprint density at radius 2 is 2.18 bits per heavy atom. The first-order valence-corrected chi connectivity index (χ1v) is 6.43. The van der Waals surface area contributed by atoms with Gasteiger partial charge in [0.2, 0.25) is 0 Å². The number of aryl methyl sites for hydroxylation is 1. The van der Waals surface area contributed by atoms with Crippen LogP contribution in [0.4, 0.5) is 4.39 Å². The van der Waals surface area contributed by atoms with E-state index in [9.17, 15) is 9.18 Å². The molecule has 0 saturated carbocycles. The highest BCUT2D eigenvalue weighted by Crippen LogP contribution is 2.07. The third-order valence-electron chi connectivity index (χ3n) is 2.44. The second-order valence-electron chi connectivity index (χ2n) is 3.68. The van der Waals surface area contributed by atoms with Crippen molar-refractivity contribution in [2.45, 2.75) is 19.4 Å². The topological polar surface area (TPSA) is 47.8 Å². The fourth-order valence-electron chi connectivity index (χ4n) is 1.55. The van der Waals surface area contributed by atoms with Gasteiger partial charge in [-0.05, 0) is 25.0 Å². The quantitative estimate of drug-likeness (QED) is 0.642. The summed E-state index contributed by atoms with van der Waals surface area (Å²) in [6.45, 7) is 0.532. The number of nitrogens with zero attached hydrogens (tertiary/aromatic N) is 3. The van der Waals surface area contributed by atoms with E-state index in [1.807, 2.05) is 0 Å². The molecule has 0 saturated heterocycles. The predicted molar refractivity (Wildman–Crippen MR) is 66.8 cm³/mol. The molecular formula is C11H11BrFN3O. The summed E-state index contributed by atoms with van der Waals surface area (Å²) in [5.74, 6) is -0.414. The van der Waals surface area contributed by atoms with Gasteiger partial charge in [0.15, 0.2) is 0 Å². The lowest BCUT2D eigenvalue weighted by Gasteiger charge is -2.03. The zero-order valence-electron chi connectivity index (χ0n) is 9.07. The average molecular weight is 300 g/mol. The largest absolute Gasteiger partial charge is 0.277 e. The Morgan fingerprint density at radius 1 is 1.35 bits per heavy atom. The van der Waals surface area contributed by atoms with Crippen LogP contribution >= 0.6 is 15.9 Å². The molecular weight excluding hydrogens is 289 g/mol. The second kappa shape index (κ2) is 5.35. The molecule has 0 fully saturated rings. The molecule has 2 rings (SSSR count). The highest BCUT2D eigenvalue weighted by molar-refractivity contribution is 9.09. The highest BCUT2D eigenvalue weighted by atomic mass is 79.9. The molecule has 0 aliphatic carbocycles. The Morgan fingerprint density at radius 3 is 2.94 bits per heavy atom. The molecule has 17 heavy (non-hydrogen) atoms. The van der Waals surface area contributed by atoms with Crippen LogP contribution in [0.1, 0.15) is 12.8 Å². The number of halogens is 2. The summed E-state index contributed by atoms with van der Waals surface area (Å²) in [6.07, 6.45) is 1.82. The van der Waals surface area contributed by atoms with Crippen molar-refractivity contribution in [3.63, 3.8) is 0 Å². The van der Waals surface area contributed by atoms with Gasteiger partial charge >= 0.3 is 0 Å². The molecule has 0 radical (unpaired) electrons. The van der Waals surface area contributed by atoms with Crippen molar-refractivity contribution in [1.29, 1.82) is 0 Å². The molecule has 1 aromatic carbocycles. The number of unbranched alkanes of at least 4 members (excludes halogenated alkanes) is 1. The lowest BCUT2D eigenvalue weighted by Crippen LogP contribution is -2.24. The highest BCUT2D eigenvalue weighted by Gasteiger charge is 2.05. The summed E-state index contributed by atoms with van der Waals surface area (Å²) in [5.41, 5.74) is 0.0799. The summed E-state index contributed by atoms with van der Waals surface area (Å²) < 4.78 is 14.3. The Hall–Kier alpha value is -1.30. The normalized spacial score (nSPS) is 10.9. The van der Waals surface area contributed by atoms with Crippen molar-refractivity contribution in [2.24, 2.45) is 0 Å². The molecule has 0 unspecified atom stereocenters. The molecule has 0 bridgehead atoms. The Labute approximate surface area is 106 Å². The lowest BCUT2D eigenvalue weighted by atomic mass is 10.2. The van der Waals surface area contributed by atoms with Crippen LogP contribution in [0.3, 0.4) is 0 Å². The minimum atomic E-state index is -0.414. The molecule has 4 nitrogen and oxygen atoms in total. The SMILES string of the molecule is O=c1c2ccc(F)cc2nnn1CCCCBr. The molecule has 1 heterocycles. The maximum Gasteiger partial charge on any atom is 0.277 e. The second-order valence-corrected chi connectivity index (χ2v) is 4.47. The number of benzene rings is 1. The summed E-state index contributed by atoms with van der Waals surface area (Å²) in [6, 6.07) is 3.92. The van der Waals surface area contributed by atoms with Crippen molar-refractivity contribution < 1.29 is 4.39 Å². The van der Waals surface area contributed by atoms with Gasteiger partial charge < -0.3 is 0 Å². The Kier molecular flexibility index (Phi) is 3.83. The summed E-state index contributed by atoms with van der Waals surface area (Å²) >= 11 is 3.32. The van der Waals surface area contributed by atoms with E-state index >= 15 is 0 Å². The van der Waals surface area contributed by atoms with E-state index < -0.39 is 5.82 Å². The van der Waals surface area contributed by atoms with Crippen LogP contribution in [0.15, 0.2) is 23.0 Å². The van der Waals surface area contributed by atoms with Crippen molar-refractivity contribution in [1.82, 2.24) is 15.0 Å². The minimum absolute atomic E-state index is 0.218. The summed E-state index contributed by atoms with van der Waals surface area (Å²) in [4.78, 5) is 12.0. The number of hydrogen-bond acceptors (Lipinski definition) is 3. The molecule has 90 valence electrons. The van der Waals surface area contributed by atoms with E-state index in [1.54, 1.807) is 0 Å². The van der Waals surface area contributed by atoms with Gasteiger partial charge in [-0.25, -0.2) is 9.07 Å². The predicted octanol–water partition coefficient (Wildman–Crippen LogP) is 2.11. The first-order valence-electron chi connectivity index (χ1n) is 5.31. The van der Waals surface area contributed by atoms with Gasteiger partial charge in [-0.15, -0.1) is 5.10 Å². The van der Waals surface area contributed by atoms with E-state index in [0.717, 1.165) is 18.2 Å². The average Bonchev–Trinajstić information content (AvgIpc) is 2.32. The van der Waals surface area contributed by atoms with Crippen LogP contribution in [-0.2, 0) is 6.54 Å². The maximum absolute atomic E-state index is 12.9. The van der Waals surface area contributed by atoms with Gasteiger partial charge in [-0.3, -0.25) is 4.79 Å². The van der Waals surface area contributed by atoms with Crippen molar-refractivity contribution >= 4 is 26.8 Å². The van der Waals surface area contributed by atoms with Gasteiger partial charge in [0.1, 0.15) is 11.3 Å². The number of fused-ring (bicyclic) bond motifs is 1. The standard InChI is InChI=1S/C11H11BrFN3O/c12-5-1-2-6-16-11(17)9-4-3-8(13)7-10(9)14-15-16/h3-4,7H,1-2,5-6H2. The maximum atomic E-state index is 12.9. The van der Waals surface area contributed by atoms with Gasteiger partial charge in [0.05, 0.1) is 5.39 Å². The minimum Gasteiger partial charge on any atom is -0.267 e. The van der Waals surface area contributed by atoms with Crippen molar-refractivity contribution in [2.75, 3.05) is 5.33 Å². The molecule has 6 heteroatoms. The molecule has 0 atom stereocenters. The molecule has 0 spiro atoms. The van der Waals surface area contributed by atoms with Crippen molar-refractivity contribution in [3.8, 4) is 0 Å². The van der Waals surface area contributed by atoms with Gasteiger partial charge in [-0.1, -0.05) is 21.1 Å². The number of aromatic nitrogens is 3. The van der Waals surface area contributed by atoms with Crippen LogP contribution in [0.2, 0.25) is 0 Å². The molecule has 0 amide bonds. The molecule has 0 N–H and O–H groups in total. The van der Waals surface area contributed by atoms with E-state index in [1.165, 1.54) is 22.9 Å². The number of alkyl halides is 1. The van der Waals surface area contributed by atoms with Gasteiger partial charge in [0.25, 0.3) is 5.56 Å². The molecule has 0 aliphatic heterocycles. The van der Waals surface area contributed by atoms with E-state index in [-0.39, 0.29) is 5.56 Å². The van der Waals surface area contributed by atoms with Crippen LogP contribution < -0.4 is 5.56 Å². The van der Waals surface area contributed by atoms with Crippen LogP contribution in [0.25, 0.3) is 10.9 Å². The third-order valence-corrected chi connectivity index (χ3v) is 3.00. The summed E-state index contributed by atoms with van der Waals surface area (Å²) in [7, 11) is 0. The summed E-state index contributed by atoms with van der Waals surface area (Å²) in [5, 5.41) is 8.93. The van der Waals surface area contributed by atoms with E-state index in [2.05, 4.69) is 26.2 Å². The molecule has 2 aromatic rings. The zero-order chi connectivity index (χ0) is 12.3. The van der Waals surface area contributed by atoms with Crippen LogP contribution in [0.5, 0.6) is 0 Å². The third kappa shape index (κ3) is 2.69. The Balaban J connectivity index is 2.37. The monoisotopic (exact) mass is 299 g/mol. The number of hydrogen-bond donors (Lipinski definition) is 0. The first-order chi connectivity index (χ1) is 8.22. The van der Waals surface area contributed by atoms with E-state index in [0.29, 0.717) is 17.4 Å². The van der Waals surface area contributed by atoms with Gasteiger partial charge in [0, 0.05) is 17.9 Å².